The average Bonchev–Trinajstić information content (AvgIpc) is 4.09. The monoisotopic (exact) mass is 881 g/mol. The van der Waals surface area contributed by atoms with Crippen molar-refractivity contribution in [2.45, 2.75) is 0 Å². The van der Waals surface area contributed by atoms with Crippen molar-refractivity contribution in [2.75, 3.05) is 0 Å². The van der Waals surface area contributed by atoms with Crippen molar-refractivity contribution in [2.24, 2.45) is 0 Å². The van der Waals surface area contributed by atoms with E-state index in [2.05, 4.69) is 185 Å². The first-order valence-corrected chi connectivity index (χ1v) is 23.3. The van der Waals surface area contributed by atoms with Crippen molar-refractivity contribution >= 4 is 65.6 Å². The highest BCUT2D eigenvalue weighted by Gasteiger charge is 2.22. The Morgan fingerprint density at radius 2 is 0.768 bits per heavy atom. The molecule has 0 radical (unpaired) electrons. The predicted molar refractivity (Wildman–Crippen MR) is 283 cm³/mol. The van der Waals surface area contributed by atoms with Gasteiger partial charge in [-0.2, -0.15) is 0 Å². The van der Waals surface area contributed by atoms with Gasteiger partial charge in [0.1, 0.15) is 5.58 Å². The molecule has 0 atom stereocenters. The van der Waals surface area contributed by atoms with Gasteiger partial charge < -0.3 is 13.6 Å². The molecule has 6 nitrogen and oxygen atoms in total. The zero-order valence-electron chi connectivity index (χ0n) is 37.2. The fourth-order valence-electron chi connectivity index (χ4n) is 10.4. The highest BCUT2D eigenvalue weighted by molar-refractivity contribution is 6.23. The molecule has 0 saturated heterocycles. The zero-order valence-corrected chi connectivity index (χ0v) is 37.2. The van der Waals surface area contributed by atoms with Gasteiger partial charge in [0, 0.05) is 65.9 Å². The number of para-hydroxylation sites is 4. The third kappa shape index (κ3) is 6.30. The van der Waals surface area contributed by atoms with Gasteiger partial charge >= 0.3 is 0 Å². The van der Waals surface area contributed by atoms with Crippen LogP contribution in [-0.4, -0.2) is 24.1 Å². The minimum absolute atomic E-state index is 0.626. The normalized spacial score (nSPS) is 11.8. The maximum absolute atomic E-state index is 7.12. The van der Waals surface area contributed by atoms with Crippen LogP contribution >= 0.6 is 0 Å². The van der Waals surface area contributed by atoms with Crippen LogP contribution in [0, 0.1) is 0 Å². The number of nitrogens with zero attached hydrogens (tertiary/aromatic N) is 5. The Hall–Kier alpha value is -9.39. The van der Waals surface area contributed by atoms with Crippen molar-refractivity contribution in [1.82, 2.24) is 24.1 Å². The number of rotatable bonds is 7. The molecule has 322 valence electrons. The summed E-state index contributed by atoms with van der Waals surface area (Å²) in [6.45, 7) is 0. The van der Waals surface area contributed by atoms with E-state index in [0.717, 1.165) is 94.3 Å². The lowest BCUT2D eigenvalue weighted by Crippen LogP contribution is -2.00. The van der Waals surface area contributed by atoms with Gasteiger partial charge in [0.2, 0.25) is 0 Å². The molecule has 0 aliphatic heterocycles. The Kier molecular flexibility index (Phi) is 8.79. The summed E-state index contributed by atoms with van der Waals surface area (Å²) in [5.41, 5.74) is 15.6. The maximum atomic E-state index is 7.12. The van der Waals surface area contributed by atoms with E-state index >= 15 is 0 Å². The van der Waals surface area contributed by atoms with E-state index in [1.54, 1.807) is 0 Å². The minimum Gasteiger partial charge on any atom is -0.453 e. The number of aromatic nitrogens is 5. The first-order chi connectivity index (χ1) is 34.2. The Balaban J connectivity index is 0.882. The third-order valence-electron chi connectivity index (χ3n) is 13.6. The van der Waals surface area contributed by atoms with Gasteiger partial charge in [-0.1, -0.05) is 176 Å². The lowest BCUT2D eigenvalue weighted by molar-refractivity contribution is 0.672. The van der Waals surface area contributed by atoms with Crippen molar-refractivity contribution in [3.8, 4) is 67.8 Å². The van der Waals surface area contributed by atoms with Gasteiger partial charge in [-0.25, -0.2) is 15.0 Å². The van der Waals surface area contributed by atoms with Crippen LogP contribution in [0.3, 0.4) is 0 Å². The molecule has 0 spiro atoms. The minimum atomic E-state index is 0.626. The van der Waals surface area contributed by atoms with Crippen LogP contribution in [0.2, 0.25) is 0 Å². The average molecular weight is 882 g/mol. The lowest BCUT2D eigenvalue weighted by atomic mass is 10.00. The molecule has 4 aromatic heterocycles. The van der Waals surface area contributed by atoms with E-state index in [0.29, 0.717) is 17.5 Å². The summed E-state index contributed by atoms with van der Waals surface area (Å²) in [6, 6.07) is 83.3. The Morgan fingerprint density at radius 1 is 0.275 bits per heavy atom. The molecule has 0 unspecified atom stereocenters. The topological polar surface area (TPSA) is 61.7 Å². The molecule has 14 aromatic rings. The summed E-state index contributed by atoms with van der Waals surface area (Å²) in [7, 11) is 0. The SMILES string of the molecule is c1ccc(-c2nc(-c3ccccc3)nc(-c3cccc(-c4cccc(-n5c6ccccc6c6cc(-c7cccc8c7oc7c8ccc8c9ccccc9n(-c9ccccc9)c87)ccc65)c4)c3)n2)cc1. The molecule has 0 bridgehead atoms. The second-order valence-corrected chi connectivity index (χ2v) is 17.6. The third-order valence-corrected chi connectivity index (χ3v) is 13.6. The summed E-state index contributed by atoms with van der Waals surface area (Å²) in [6.07, 6.45) is 0. The van der Waals surface area contributed by atoms with Gasteiger partial charge in [-0.3, -0.25) is 0 Å². The second-order valence-electron chi connectivity index (χ2n) is 17.6. The van der Waals surface area contributed by atoms with E-state index in [9.17, 15) is 0 Å². The van der Waals surface area contributed by atoms with Crippen LogP contribution in [0.25, 0.3) is 133 Å². The molecule has 6 heteroatoms. The number of hydrogen-bond donors (Lipinski definition) is 0. The molecule has 0 aliphatic carbocycles. The van der Waals surface area contributed by atoms with E-state index < -0.39 is 0 Å². The highest BCUT2D eigenvalue weighted by atomic mass is 16.3. The number of fused-ring (bicyclic) bond motifs is 10. The van der Waals surface area contributed by atoms with E-state index in [1.165, 1.54) is 21.5 Å². The molecule has 69 heavy (non-hydrogen) atoms. The van der Waals surface area contributed by atoms with Gasteiger partial charge in [-0.05, 0) is 77.4 Å². The van der Waals surface area contributed by atoms with Crippen LogP contribution in [0.15, 0.2) is 241 Å². The summed E-state index contributed by atoms with van der Waals surface area (Å²) in [5.74, 6) is 1.90. The molecule has 0 amide bonds. The summed E-state index contributed by atoms with van der Waals surface area (Å²) in [4.78, 5) is 15.0. The Labute approximate surface area is 396 Å². The standard InChI is InChI=1S/C63H39N5O/c1-4-17-40(18-5-1)61-64-62(41-19-6-2-7-20-41)66-63(65-61)45-23-14-21-42(37-45)43-22-15-26-47(38-43)67-55-31-12-11-28-50(55)54-39-44(33-36-57(54)67)48-29-16-30-52-53-35-34-51-49-27-10-13-32-56(49)68(46-24-8-3-9-25-46)58(51)60(53)69-59(48)52/h1-39H. The fourth-order valence-corrected chi connectivity index (χ4v) is 10.4. The van der Waals surface area contributed by atoms with Crippen LogP contribution in [0.4, 0.5) is 0 Å². The van der Waals surface area contributed by atoms with Crippen molar-refractivity contribution < 1.29 is 4.42 Å². The second kappa shape index (κ2) is 15.6. The van der Waals surface area contributed by atoms with Gasteiger partial charge in [0.25, 0.3) is 0 Å². The molecule has 0 fully saturated rings. The molecule has 10 aromatic carbocycles. The lowest BCUT2D eigenvalue weighted by Gasteiger charge is -2.12. The van der Waals surface area contributed by atoms with Crippen molar-refractivity contribution in [3.63, 3.8) is 0 Å². The molecule has 4 heterocycles. The van der Waals surface area contributed by atoms with Gasteiger partial charge in [0.05, 0.1) is 22.1 Å². The summed E-state index contributed by atoms with van der Waals surface area (Å²) < 4.78 is 11.9. The molecule has 0 saturated carbocycles. The quantitative estimate of drug-likeness (QED) is 0.160. The molecular formula is C63H39N5O. The van der Waals surface area contributed by atoms with Crippen molar-refractivity contribution in [3.05, 3.63) is 237 Å². The largest absolute Gasteiger partial charge is 0.453 e. The first-order valence-electron chi connectivity index (χ1n) is 23.3. The molecule has 14 rings (SSSR count). The van der Waals surface area contributed by atoms with Crippen LogP contribution < -0.4 is 0 Å². The fraction of sp³-hybridized carbons (Fsp3) is 0. The smallest absolute Gasteiger partial charge is 0.164 e. The van der Waals surface area contributed by atoms with Crippen LogP contribution in [-0.2, 0) is 0 Å². The van der Waals surface area contributed by atoms with Crippen molar-refractivity contribution in [1.29, 1.82) is 0 Å². The Bertz CT molecular complexity index is 4240. The molecular weight excluding hydrogens is 843 g/mol. The molecule has 0 N–H and O–H groups in total. The van der Waals surface area contributed by atoms with E-state index in [1.807, 2.05) is 60.7 Å². The molecule has 0 aliphatic rings. The number of hydrogen-bond acceptors (Lipinski definition) is 4. The summed E-state index contributed by atoms with van der Waals surface area (Å²) in [5, 5.41) is 6.94. The van der Waals surface area contributed by atoms with E-state index in [4.69, 9.17) is 19.4 Å². The first kappa shape index (κ1) is 38.8. The predicted octanol–water partition coefficient (Wildman–Crippen LogP) is 16.3. The maximum Gasteiger partial charge on any atom is 0.164 e. The van der Waals surface area contributed by atoms with Crippen LogP contribution in [0.5, 0.6) is 0 Å². The van der Waals surface area contributed by atoms with Gasteiger partial charge in [0.15, 0.2) is 23.1 Å². The summed E-state index contributed by atoms with van der Waals surface area (Å²) >= 11 is 0. The van der Waals surface area contributed by atoms with Crippen LogP contribution in [0.1, 0.15) is 0 Å². The van der Waals surface area contributed by atoms with E-state index in [-0.39, 0.29) is 0 Å². The Morgan fingerprint density at radius 3 is 1.49 bits per heavy atom. The zero-order chi connectivity index (χ0) is 45.4. The number of furan rings is 1. The highest BCUT2D eigenvalue weighted by Crippen LogP contribution is 2.44. The van der Waals surface area contributed by atoms with Gasteiger partial charge in [-0.15, -0.1) is 0 Å². The number of benzene rings is 10.